The number of hydrogen-bond donors (Lipinski definition) is 2. The van der Waals surface area contributed by atoms with E-state index >= 15 is 0 Å². The number of urea groups is 1. The van der Waals surface area contributed by atoms with Gasteiger partial charge in [-0.1, -0.05) is 33.1 Å². The predicted molar refractivity (Wildman–Crippen MR) is 125 cm³/mol. The van der Waals surface area contributed by atoms with E-state index in [2.05, 4.69) is 29.0 Å². The summed E-state index contributed by atoms with van der Waals surface area (Å²) in [5.41, 5.74) is 1.19. The molecule has 1 aromatic carbocycles. The smallest absolute Gasteiger partial charge is 0.317 e. The molecule has 0 radical (unpaired) electrons. The quantitative estimate of drug-likeness (QED) is 0.638. The molecule has 0 bridgehead atoms. The first kappa shape index (κ1) is 23.1. The first-order chi connectivity index (χ1) is 15.0. The zero-order chi connectivity index (χ0) is 22.2. The number of aromatic amines is 1. The number of fused-ring (bicyclic) bond motifs is 1. The molecule has 1 saturated carbocycles. The van der Waals surface area contributed by atoms with Gasteiger partial charge >= 0.3 is 6.03 Å². The Morgan fingerprint density at radius 2 is 1.87 bits per heavy atom. The van der Waals surface area contributed by atoms with Crippen molar-refractivity contribution in [2.75, 3.05) is 33.3 Å². The Kier molecular flexibility index (Phi) is 8.35. The average Bonchev–Trinajstić information content (AvgIpc) is 2.79. The topological polar surface area (TPSA) is 77.7 Å². The van der Waals surface area contributed by atoms with E-state index in [0.29, 0.717) is 12.1 Å². The maximum atomic E-state index is 13.1. The van der Waals surface area contributed by atoms with Crippen molar-refractivity contribution in [2.45, 2.75) is 58.5 Å². The second kappa shape index (κ2) is 11.2. The molecule has 170 valence electrons. The van der Waals surface area contributed by atoms with Gasteiger partial charge in [0.25, 0.3) is 5.56 Å². The number of rotatable bonds is 9. The Hall–Kier alpha value is -2.54. The maximum absolute atomic E-state index is 13.1. The molecular weight excluding hydrogens is 392 g/mol. The van der Waals surface area contributed by atoms with Crippen molar-refractivity contribution in [1.82, 2.24) is 20.1 Å². The van der Waals surface area contributed by atoms with E-state index in [1.807, 2.05) is 24.3 Å². The zero-order valence-electron chi connectivity index (χ0n) is 19.1. The normalized spacial score (nSPS) is 14.7. The van der Waals surface area contributed by atoms with E-state index in [0.717, 1.165) is 62.0 Å². The Balaban J connectivity index is 1.81. The number of ether oxygens (including phenoxy) is 1. The SMILES string of the molecule is CCN(CC)CCN(Cc1cc2cc(OC)ccc2[nH]c1=O)C(=O)NC1CCCCC1. The van der Waals surface area contributed by atoms with Gasteiger partial charge in [-0.2, -0.15) is 0 Å². The van der Waals surface area contributed by atoms with Crippen LogP contribution in [0.25, 0.3) is 10.9 Å². The first-order valence-corrected chi connectivity index (χ1v) is 11.5. The van der Waals surface area contributed by atoms with Crippen LogP contribution in [-0.4, -0.2) is 60.1 Å². The summed E-state index contributed by atoms with van der Waals surface area (Å²) in [6.45, 7) is 7.76. The largest absolute Gasteiger partial charge is 0.497 e. The lowest BCUT2D eigenvalue weighted by Crippen LogP contribution is -2.48. The van der Waals surface area contributed by atoms with Gasteiger partial charge in [-0.05, 0) is 50.2 Å². The summed E-state index contributed by atoms with van der Waals surface area (Å²) in [7, 11) is 1.62. The van der Waals surface area contributed by atoms with Crippen molar-refractivity contribution >= 4 is 16.9 Å². The highest BCUT2D eigenvalue weighted by molar-refractivity contribution is 5.81. The summed E-state index contributed by atoms with van der Waals surface area (Å²) < 4.78 is 5.31. The number of methoxy groups -OCH3 is 1. The first-order valence-electron chi connectivity index (χ1n) is 11.5. The fourth-order valence-corrected chi connectivity index (χ4v) is 4.25. The van der Waals surface area contributed by atoms with Crippen molar-refractivity contribution in [3.63, 3.8) is 0 Å². The van der Waals surface area contributed by atoms with Gasteiger partial charge in [-0.25, -0.2) is 4.79 Å². The van der Waals surface area contributed by atoms with Crippen molar-refractivity contribution in [2.24, 2.45) is 0 Å². The van der Waals surface area contributed by atoms with Gasteiger partial charge in [-0.15, -0.1) is 0 Å². The summed E-state index contributed by atoms with van der Waals surface area (Å²) in [6, 6.07) is 7.59. The molecule has 0 unspecified atom stereocenters. The lowest BCUT2D eigenvalue weighted by Gasteiger charge is -2.30. The highest BCUT2D eigenvalue weighted by Crippen LogP contribution is 2.20. The van der Waals surface area contributed by atoms with Gasteiger partial charge in [0, 0.05) is 35.6 Å². The molecule has 2 N–H and O–H groups in total. The molecule has 1 aliphatic rings. The van der Waals surface area contributed by atoms with Gasteiger partial charge in [0.1, 0.15) is 5.75 Å². The van der Waals surface area contributed by atoms with E-state index in [-0.39, 0.29) is 24.2 Å². The number of pyridine rings is 1. The number of nitrogens with zero attached hydrogens (tertiary/aromatic N) is 2. The average molecular weight is 429 g/mol. The van der Waals surface area contributed by atoms with Crippen LogP contribution in [0.15, 0.2) is 29.1 Å². The summed E-state index contributed by atoms with van der Waals surface area (Å²) in [4.78, 5) is 32.9. The summed E-state index contributed by atoms with van der Waals surface area (Å²) >= 11 is 0. The number of aromatic nitrogens is 1. The molecule has 0 atom stereocenters. The minimum absolute atomic E-state index is 0.0794. The third kappa shape index (κ3) is 6.23. The molecule has 0 spiro atoms. The molecule has 3 rings (SSSR count). The molecule has 2 aromatic rings. The van der Waals surface area contributed by atoms with Crippen molar-refractivity contribution in [3.05, 3.63) is 40.2 Å². The summed E-state index contributed by atoms with van der Waals surface area (Å²) in [6.07, 6.45) is 5.64. The highest BCUT2D eigenvalue weighted by atomic mass is 16.5. The number of hydrogen-bond acceptors (Lipinski definition) is 4. The maximum Gasteiger partial charge on any atom is 0.317 e. The molecule has 0 saturated heterocycles. The Morgan fingerprint density at radius 3 is 2.55 bits per heavy atom. The van der Waals surface area contributed by atoms with Crippen LogP contribution in [0.1, 0.15) is 51.5 Å². The number of carbonyl (C=O) groups excluding carboxylic acids is 1. The molecule has 2 amide bonds. The monoisotopic (exact) mass is 428 g/mol. The van der Waals surface area contributed by atoms with Crippen molar-refractivity contribution < 1.29 is 9.53 Å². The van der Waals surface area contributed by atoms with Crippen LogP contribution in [-0.2, 0) is 6.54 Å². The van der Waals surface area contributed by atoms with Gasteiger partial charge in [0.15, 0.2) is 0 Å². The van der Waals surface area contributed by atoms with Crippen LogP contribution in [0.2, 0.25) is 0 Å². The minimum Gasteiger partial charge on any atom is -0.497 e. The van der Waals surface area contributed by atoms with E-state index in [9.17, 15) is 9.59 Å². The van der Waals surface area contributed by atoms with E-state index < -0.39 is 0 Å². The summed E-state index contributed by atoms with van der Waals surface area (Å²) in [5.74, 6) is 0.735. The van der Waals surface area contributed by atoms with Crippen LogP contribution in [0.4, 0.5) is 4.79 Å². The van der Waals surface area contributed by atoms with Crippen molar-refractivity contribution in [1.29, 1.82) is 0 Å². The van der Waals surface area contributed by atoms with Crippen LogP contribution in [0.5, 0.6) is 5.75 Å². The number of H-pyrrole nitrogens is 1. The third-order valence-electron chi connectivity index (χ3n) is 6.29. The highest BCUT2D eigenvalue weighted by Gasteiger charge is 2.21. The van der Waals surface area contributed by atoms with Gasteiger partial charge in [-0.3, -0.25) is 4.79 Å². The van der Waals surface area contributed by atoms with Gasteiger partial charge < -0.3 is 24.8 Å². The Bertz CT molecular complexity index is 917. The molecule has 1 heterocycles. The molecule has 7 heteroatoms. The Morgan fingerprint density at radius 1 is 1.13 bits per heavy atom. The molecule has 1 fully saturated rings. The van der Waals surface area contributed by atoms with E-state index in [1.54, 1.807) is 12.0 Å². The molecule has 31 heavy (non-hydrogen) atoms. The molecule has 1 aromatic heterocycles. The number of amides is 2. The molecule has 1 aliphatic carbocycles. The second-order valence-electron chi connectivity index (χ2n) is 8.31. The zero-order valence-corrected chi connectivity index (χ0v) is 19.1. The standard InChI is InChI=1S/C24H36N4O3/c1-4-27(5-2)13-14-28(24(30)25-20-9-7-6-8-10-20)17-19-15-18-16-21(31-3)11-12-22(18)26-23(19)29/h11-12,15-16,20H,4-10,13-14,17H2,1-3H3,(H,25,30)(H,26,29). The third-order valence-corrected chi connectivity index (χ3v) is 6.29. The predicted octanol–water partition coefficient (Wildman–Crippen LogP) is 3.72. The fourth-order valence-electron chi connectivity index (χ4n) is 4.25. The lowest BCUT2D eigenvalue weighted by molar-refractivity contribution is 0.175. The summed E-state index contributed by atoms with van der Waals surface area (Å²) in [5, 5.41) is 4.10. The lowest BCUT2D eigenvalue weighted by atomic mass is 9.96. The fraction of sp³-hybridized carbons (Fsp3) is 0.583. The van der Waals surface area contributed by atoms with Crippen LogP contribution in [0.3, 0.4) is 0 Å². The van der Waals surface area contributed by atoms with Gasteiger partial charge in [0.05, 0.1) is 13.7 Å². The van der Waals surface area contributed by atoms with Crippen LogP contribution >= 0.6 is 0 Å². The second-order valence-corrected chi connectivity index (χ2v) is 8.31. The number of likely N-dealkylation sites (N-methyl/N-ethyl adjacent to an activating group) is 1. The number of carbonyl (C=O) groups is 1. The molecule has 0 aliphatic heterocycles. The number of nitrogens with one attached hydrogen (secondary N) is 2. The molecule has 7 nitrogen and oxygen atoms in total. The Labute approximate surface area is 184 Å². The minimum atomic E-state index is -0.157. The van der Waals surface area contributed by atoms with E-state index in [1.165, 1.54) is 6.42 Å². The van der Waals surface area contributed by atoms with Crippen LogP contribution in [0, 0.1) is 0 Å². The van der Waals surface area contributed by atoms with Crippen LogP contribution < -0.4 is 15.6 Å². The van der Waals surface area contributed by atoms with Gasteiger partial charge in [0.2, 0.25) is 0 Å². The van der Waals surface area contributed by atoms with E-state index in [4.69, 9.17) is 4.74 Å². The van der Waals surface area contributed by atoms with Crippen molar-refractivity contribution in [3.8, 4) is 5.75 Å². The molecular formula is C24H36N4O3. The number of benzene rings is 1.